The molecule has 6 heteroatoms. The number of aryl methyl sites for hydroxylation is 2. The van der Waals surface area contributed by atoms with Gasteiger partial charge in [-0.05, 0) is 19.4 Å². The molecule has 4 nitrogen and oxygen atoms in total. The van der Waals surface area contributed by atoms with Crippen molar-refractivity contribution in [1.29, 1.82) is 0 Å². The van der Waals surface area contributed by atoms with Crippen LogP contribution < -0.4 is 5.32 Å². The van der Waals surface area contributed by atoms with Gasteiger partial charge in [0.2, 0.25) is 5.13 Å². The summed E-state index contributed by atoms with van der Waals surface area (Å²) in [6, 6.07) is 16.0. The number of rotatable bonds is 7. The highest BCUT2D eigenvalue weighted by atomic mass is 32.2. The molecule has 0 saturated carbocycles. The molecule has 0 aliphatic heterocycles. The molecule has 25 heavy (non-hydrogen) atoms. The highest BCUT2D eigenvalue weighted by Crippen LogP contribution is 2.28. The molecule has 0 amide bonds. The number of Topliss-reactive ketones (excluding diaryl/α,β-unsaturated/α-hetero) is 1. The van der Waals surface area contributed by atoms with Crippen molar-refractivity contribution < 1.29 is 4.79 Å². The number of thioether (sulfide) groups is 1. The molecule has 0 saturated heterocycles. The third-order valence-corrected chi connectivity index (χ3v) is 5.71. The van der Waals surface area contributed by atoms with Gasteiger partial charge in [-0.3, -0.25) is 4.79 Å². The van der Waals surface area contributed by atoms with E-state index in [2.05, 4.69) is 46.7 Å². The third-order valence-electron chi connectivity index (χ3n) is 3.62. The van der Waals surface area contributed by atoms with Crippen LogP contribution in [-0.4, -0.2) is 22.5 Å². The van der Waals surface area contributed by atoms with E-state index < -0.39 is 0 Å². The molecule has 2 aromatic carbocycles. The maximum absolute atomic E-state index is 12.2. The predicted octanol–water partition coefficient (Wildman–Crippen LogP) is 4.74. The Morgan fingerprint density at radius 3 is 2.64 bits per heavy atom. The molecular formula is C19H19N3OS2. The maximum Gasteiger partial charge on any atom is 0.206 e. The molecule has 0 radical (unpaired) electrons. The van der Waals surface area contributed by atoms with Gasteiger partial charge in [-0.1, -0.05) is 82.8 Å². The second kappa shape index (κ2) is 8.27. The highest BCUT2D eigenvalue weighted by molar-refractivity contribution is 8.00. The molecule has 0 aliphatic carbocycles. The van der Waals surface area contributed by atoms with E-state index in [-0.39, 0.29) is 12.3 Å². The van der Waals surface area contributed by atoms with Crippen molar-refractivity contribution in [2.24, 2.45) is 0 Å². The first kappa shape index (κ1) is 17.6. The van der Waals surface area contributed by atoms with Gasteiger partial charge in [-0.25, -0.2) is 0 Å². The minimum absolute atomic E-state index is 0.0455. The highest BCUT2D eigenvalue weighted by Gasteiger charge is 2.09. The van der Waals surface area contributed by atoms with E-state index in [0.29, 0.717) is 10.7 Å². The van der Waals surface area contributed by atoms with Crippen molar-refractivity contribution in [1.82, 2.24) is 10.2 Å². The van der Waals surface area contributed by atoms with E-state index in [4.69, 9.17) is 0 Å². The number of ketones is 1. The summed E-state index contributed by atoms with van der Waals surface area (Å²) < 4.78 is 0.895. The lowest BCUT2D eigenvalue weighted by Crippen LogP contribution is -2.13. The number of aromatic nitrogens is 2. The summed E-state index contributed by atoms with van der Waals surface area (Å²) in [4.78, 5) is 12.2. The van der Waals surface area contributed by atoms with Crippen LogP contribution in [0, 0.1) is 13.8 Å². The fourth-order valence-corrected chi connectivity index (χ4v) is 3.97. The Balaban J connectivity index is 1.51. The molecule has 0 atom stereocenters. The summed E-state index contributed by atoms with van der Waals surface area (Å²) in [6.07, 6.45) is 0. The molecule has 0 spiro atoms. The Hall–Kier alpha value is -2.18. The van der Waals surface area contributed by atoms with E-state index in [9.17, 15) is 4.79 Å². The average Bonchev–Trinajstić information content (AvgIpc) is 3.06. The van der Waals surface area contributed by atoms with E-state index in [0.717, 1.165) is 15.7 Å². The van der Waals surface area contributed by atoms with Gasteiger partial charge < -0.3 is 5.32 Å². The number of nitrogens with zero attached hydrogens (tertiary/aromatic N) is 2. The standard InChI is InChI=1S/C19H19N3OS2/c1-13-6-8-16(9-7-13)17(23)11-20-18-21-22-19(25-18)24-12-15-5-3-4-14(2)10-15/h3-10H,11-12H2,1-2H3,(H,20,21). The fraction of sp³-hybridized carbons (Fsp3) is 0.211. The van der Waals surface area contributed by atoms with Crippen LogP contribution in [0.15, 0.2) is 52.9 Å². The molecule has 3 rings (SSSR count). The van der Waals surface area contributed by atoms with Gasteiger partial charge in [0, 0.05) is 11.3 Å². The van der Waals surface area contributed by atoms with Crippen LogP contribution in [0.5, 0.6) is 0 Å². The molecule has 0 unspecified atom stereocenters. The first-order chi connectivity index (χ1) is 12.1. The smallest absolute Gasteiger partial charge is 0.206 e. The number of anilines is 1. The first-order valence-electron chi connectivity index (χ1n) is 7.96. The molecular weight excluding hydrogens is 350 g/mol. The lowest BCUT2D eigenvalue weighted by molar-refractivity contribution is 0.101. The number of hydrogen-bond donors (Lipinski definition) is 1. The van der Waals surface area contributed by atoms with E-state index in [1.165, 1.54) is 22.5 Å². The SMILES string of the molecule is Cc1ccc(C(=O)CNc2nnc(SCc3cccc(C)c3)s2)cc1. The zero-order valence-electron chi connectivity index (χ0n) is 14.2. The molecule has 0 bridgehead atoms. The molecule has 0 aliphatic rings. The van der Waals surface area contributed by atoms with Gasteiger partial charge in [0.1, 0.15) is 0 Å². The van der Waals surface area contributed by atoms with Gasteiger partial charge in [0.05, 0.1) is 6.54 Å². The Morgan fingerprint density at radius 2 is 1.88 bits per heavy atom. The van der Waals surface area contributed by atoms with E-state index in [1.807, 2.05) is 31.2 Å². The van der Waals surface area contributed by atoms with Gasteiger partial charge in [-0.15, -0.1) is 10.2 Å². The summed E-state index contributed by atoms with van der Waals surface area (Å²) in [5, 5.41) is 12.0. The van der Waals surface area contributed by atoms with Gasteiger partial charge >= 0.3 is 0 Å². The molecule has 3 aromatic rings. The van der Waals surface area contributed by atoms with Crippen molar-refractivity contribution in [3.63, 3.8) is 0 Å². The molecule has 1 N–H and O–H groups in total. The van der Waals surface area contributed by atoms with Crippen LogP contribution in [0.3, 0.4) is 0 Å². The quantitative estimate of drug-likeness (QED) is 0.481. The van der Waals surface area contributed by atoms with E-state index >= 15 is 0 Å². The summed E-state index contributed by atoms with van der Waals surface area (Å²) in [6.45, 7) is 4.32. The maximum atomic E-state index is 12.2. The largest absolute Gasteiger partial charge is 0.353 e. The van der Waals surface area contributed by atoms with Crippen molar-refractivity contribution >= 4 is 34.0 Å². The Kier molecular flexibility index (Phi) is 5.83. The summed E-state index contributed by atoms with van der Waals surface area (Å²) in [7, 11) is 0. The summed E-state index contributed by atoms with van der Waals surface area (Å²) in [5.74, 6) is 0.905. The van der Waals surface area contributed by atoms with Crippen molar-refractivity contribution in [2.45, 2.75) is 23.9 Å². The van der Waals surface area contributed by atoms with Gasteiger partial charge in [-0.2, -0.15) is 0 Å². The molecule has 128 valence electrons. The van der Waals surface area contributed by atoms with Crippen molar-refractivity contribution in [2.75, 3.05) is 11.9 Å². The summed E-state index contributed by atoms with van der Waals surface area (Å²) >= 11 is 3.13. The van der Waals surface area contributed by atoms with Crippen LogP contribution in [-0.2, 0) is 5.75 Å². The lowest BCUT2D eigenvalue weighted by atomic mass is 10.1. The lowest BCUT2D eigenvalue weighted by Gasteiger charge is -2.02. The topological polar surface area (TPSA) is 54.9 Å². The Morgan fingerprint density at radius 1 is 1.08 bits per heavy atom. The van der Waals surface area contributed by atoms with Crippen LogP contribution in [0.2, 0.25) is 0 Å². The summed E-state index contributed by atoms with van der Waals surface area (Å²) in [5.41, 5.74) is 4.37. The Labute approximate surface area is 155 Å². The zero-order chi connectivity index (χ0) is 17.6. The fourth-order valence-electron chi connectivity index (χ4n) is 2.28. The molecule has 1 heterocycles. The second-order valence-electron chi connectivity index (χ2n) is 5.79. The van der Waals surface area contributed by atoms with Crippen LogP contribution in [0.25, 0.3) is 0 Å². The molecule has 0 fully saturated rings. The minimum atomic E-state index is 0.0455. The number of carbonyl (C=O) groups excluding carboxylic acids is 1. The van der Waals surface area contributed by atoms with E-state index in [1.54, 1.807) is 11.8 Å². The minimum Gasteiger partial charge on any atom is -0.353 e. The van der Waals surface area contributed by atoms with Crippen LogP contribution in [0.4, 0.5) is 5.13 Å². The number of nitrogens with one attached hydrogen (secondary N) is 1. The molecule has 1 aromatic heterocycles. The monoisotopic (exact) mass is 369 g/mol. The Bertz CT molecular complexity index is 859. The van der Waals surface area contributed by atoms with Crippen molar-refractivity contribution in [3.05, 3.63) is 70.8 Å². The number of hydrogen-bond acceptors (Lipinski definition) is 6. The zero-order valence-corrected chi connectivity index (χ0v) is 15.8. The predicted molar refractivity (Wildman–Crippen MR) is 105 cm³/mol. The van der Waals surface area contributed by atoms with Gasteiger partial charge in [0.25, 0.3) is 0 Å². The van der Waals surface area contributed by atoms with Crippen molar-refractivity contribution in [3.8, 4) is 0 Å². The third kappa shape index (κ3) is 5.14. The van der Waals surface area contributed by atoms with Crippen LogP contribution >= 0.6 is 23.1 Å². The number of benzene rings is 2. The normalized spacial score (nSPS) is 10.6. The second-order valence-corrected chi connectivity index (χ2v) is 7.99. The van der Waals surface area contributed by atoms with Crippen LogP contribution in [0.1, 0.15) is 27.0 Å². The first-order valence-corrected chi connectivity index (χ1v) is 9.76. The van der Waals surface area contributed by atoms with Gasteiger partial charge in [0.15, 0.2) is 10.1 Å². The number of carbonyl (C=O) groups is 1. The average molecular weight is 370 g/mol.